The van der Waals surface area contributed by atoms with Crippen LogP contribution in [0.3, 0.4) is 0 Å². The molecule has 0 saturated heterocycles. The molecular formula is C15H19NO5S. The summed E-state index contributed by atoms with van der Waals surface area (Å²) in [4.78, 5) is 22.5. The molecule has 2 N–H and O–H groups in total. The Bertz CT molecular complexity index is 533. The molecule has 1 amide bonds. The zero-order chi connectivity index (χ0) is 16.4. The van der Waals surface area contributed by atoms with E-state index in [4.69, 9.17) is 14.6 Å². The number of carbonyl (C=O) groups is 2. The summed E-state index contributed by atoms with van der Waals surface area (Å²) in [5.41, 5.74) is 0.394. The first-order valence-electron chi connectivity index (χ1n) is 6.58. The van der Waals surface area contributed by atoms with Crippen molar-refractivity contribution in [2.75, 3.05) is 31.8 Å². The zero-order valence-corrected chi connectivity index (χ0v) is 13.1. The number of benzene rings is 1. The molecule has 0 aliphatic rings. The van der Waals surface area contributed by atoms with E-state index in [1.807, 2.05) is 0 Å². The first-order chi connectivity index (χ1) is 10.6. The number of ether oxygens (including phenoxy) is 2. The van der Waals surface area contributed by atoms with Gasteiger partial charge in [0.25, 0.3) is 5.91 Å². The molecule has 1 rings (SSSR count). The lowest BCUT2D eigenvalue weighted by Crippen LogP contribution is -2.26. The van der Waals surface area contributed by atoms with Gasteiger partial charge >= 0.3 is 5.97 Å². The van der Waals surface area contributed by atoms with E-state index in [0.717, 1.165) is 0 Å². The number of carbonyl (C=O) groups excluding carboxylic acids is 1. The molecule has 6 nitrogen and oxygen atoms in total. The number of hydrogen-bond donors (Lipinski definition) is 2. The van der Waals surface area contributed by atoms with Gasteiger partial charge < -0.3 is 19.9 Å². The van der Waals surface area contributed by atoms with Gasteiger partial charge in [-0.05, 0) is 12.1 Å². The summed E-state index contributed by atoms with van der Waals surface area (Å²) in [6.07, 6.45) is 1.59. The molecule has 0 bridgehead atoms. The van der Waals surface area contributed by atoms with Crippen molar-refractivity contribution in [3.05, 3.63) is 36.4 Å². The van der Waals surface area contributed by atoms with Crippen LogP contribution < -0.4 is 14.8 Å². The summed E-state index contributed by atoms with van der Waals surface area (Å²) in [6, 6.07) is 4.93. The minimum atomic E-state index is -0.869. The van der Waals surface area contributed by atoms with Crippen LogP contribution in [0.25, 0.3) is 0 Å². The van der Waals surface area contributed by atoms with E-state index in [0.29, 0.717) is 29.4 Å². The average molecular weight is 325 g/mol. The van der Waals surface area contributed by atoms with E-state index < -0.39 is 5.97 Å². The quantitative estimate of drug-likeness (QED) is 0.504. The maximum atomic E-state index is 12.1. The van der Waals surface area contributed by atoms with E-state index in [9.17, 15) is 9.59 Å². The van der Waals surface area contributed by atoms with Gasteiger partial charge in [-0.1, -0.05) is 12.7 Å². The first kappa shape index (κ1) is 17.9. The zero-order valence-electron chi connectivity index (χ0n) is 12.3. The van der Waals surface area contributed by atoms with E-state index in [1.54, 1.807) is 24.3 Å². The van der Waals surface area contributed by atoms with Crippen molar-refractivity contribution in [1.82, 2.24) is 5.32 Å². The predicted octanol–water partition coefficient (Wildman–Crippen LogP) is 1.81. The van der Waals surface area contributed by atoms with E-state index in [-0.39, 0.29) is 18.3 Å². The van der Waals surface area contributed by atoms with Crippen LogP contribution in [0.1, 0.15) is 10.4 Å². The summed E-state index contributed by atoms with van der Waals surface area (Å²) < 4.78 is 10.6. The Balaban J connectivity index is 2.62. The van der Waals surface area contributed by atoms with Gasteiger partial charge in [-0.25, -0.2) is 0 Å². The van der Waals surface area contributed by atoms with Crippen molar-refractivity contribution in [2.24, 2.45) is 0 Å². The second-order valence-corrected chi connectivity index (χ2v) is 5.27. The maximum Gasteiger partial charge on any atom is 0.313 e. The molecule has 0 heterocycles. The highest BCUT2D eigenvalue weighted by Gasteiger charge is 2.13. The van der Waals surface area contributed by atoms with E-state index in [1.165, 1.54) is 18.9 Å². The van der Waals surface area contributed by atoms with Gasteiger partial charge in [-0.15, -0.1) is 11.8 Å². The molecule has 1 aromatic carbocycles. The van der Waals surface area contributed by atoms with Crippen molar-refractivity contribution in [3.63, 3.8) is 0 Å². The fourth-order valence-electron chi connectivity index (χ4n) is 1.58. The van der Waals surface area contributed by atoms with Crippen LogP contribution in [0.2, 0.25) is 0 Å². The standard InChI is InChI=1S/C15H19NO5S/c1-3-7-21-13-9-11(20-2)4-5-12(13)15(19)16-6-8-22-10-14(17)18/h3-5,9H,1,6-8,10H2,2H3,(H,16,19)(H,17,18). The van der Waals surface area contributed by atoms with Crippen molar-refractivity contribution >= 4 is 23.6 Å². The number of carboxylic acids is 1. The SMILES string of the molecule is C=CCOc1cc(OC)ccc1C(=O)NCCSCC(=O)O. The number of amides is 1. The van der Waals surface area contributed by atoms with Crippen molar-refractivity contribution in [3.8, 4) is 11.5 Å². The van der Waals surface area contributed by atoms with Gasteiger partial charge in [-0.2, -0.15) is 0 Å². The Hall–Kier alpha value is -2.15. The smallest absolute Gasteiger partial charge is 0.313 e. The highest BCUT2D eigenvalue weighted by atomic mass is 32.2. The molecule has 0 spiro atoms. The normalized spacial score (nSPS) is 9.86. The molecule has 0 atom stereocenters. The number of rotatable bonds is 10. The molecule has 1 aromatic rings. The molecule has 0 aliphatic heterocycles. The summed E-state index contributed by atoms with van der Waals surface area (Å²) in [6.45, 7) is 4.23. The van der Waals surface area contributed by atoms with E-state index >= 15 is 0 Å². The number of methoxy groups -OCH3 is 1. The largest absolute Gasteiger partial charge is 0.497 e. The predicted molar refractivity (Wildman–Crippen MR) is 86.0 cm³/mol. The van der Waals surface area contributed by atoms with Crippen LogP contribution in [0.5, 0.6) is 11.5 Å². The first-order valence-corrected chi connectivity index (χ1v) is 7.73. The monoisotopic (exact) mass is 325 g/mol. The summed E-state index contributed by atoms with van der Waals surface area (Å²) in [5.74, 6) is 0.398. The van der Waals surface area contributed by atoms with Crippen LogP contribution in [0, 0.1) is 0 Å². The number of thioether (sulfide) groups is 1. The maximum absolute atomic E-state index is 12.1. The Kier molecular flexibility index (Phi) is 7.91. The third-order valence-corrected chi connectivity index (χ3v) is 3.49. The fraction of sp³-hybridized carbons (Fsp3) is 0.333. The highest BCUT2D eigenvalue weighted by molar-refractivity contribution is 7.99. The Labute approximate surface area is 133 Å². The molecule has 0 aromatic heterocycles. The summed E-state index contributed by atoms with van der Waals surface area (Å²) >= 11 is 1.24. The third-order valence-electron chi connectivity index (χ3n) is 2.55. The molecule has 120 valence electrons. The average Bonchev–Trinajstić information content (AvgIpc) is 2.51. The Morgan fingerprint density at radius 1 is 1.45 bits per heavy atom. The van der Waals surface area contributed by atoms with Crippen LogP contribution >= 0.6 is 11.8 Å². The fourth-order valence-corrected chi connectivity index (χ4v) is 2.14. The number of nitrogens with one attached hydrogen (secondary N) is 1. The number of hydrogen-bond acceptors (Lipinski definition) is 5. The van der Waals surface area contributed by atoms with Crippen LogP contribution in [0.15, 0.2) is 30.9 Å². The molecular weight excluding hydrogens is 306 g/mol. The van der Waals surface area contributed by atoms with Crippen molar-refractivity contribution < 1.29 is 24.2 Å². The number of aliphatic carboxylic acids is 1. The molecule has 0 unspecified atom stereocenters. The second kappa shape index (κ2) is 9.73. The van der Waals surface area contributed by atoms with Crippen molar-refractivity contribution in [1.29, 1.82) is 0 Å². The molecule has 0 aliphatic carbocycles. The lowest BCUT2D eigenvalue weighted by atomic mass is 10.1. The molecule has 0 saturated carbocycles. The molecule has 22 heavy (non-hydrogen) atoms. The molecule has 0 radical (unpaired) electrons. The van der Waals surface area contributed by atoms with Crippen LogP contribution in [-0.4, -0.2) is 48.8 Å². The van der Waals surface area contributed by atoms with Crippen molar-refractivity contribution in [2.45, 2.75) is 0 Å². The minimum absolute atomic E-state index is 0.0199. The minimum Gasteiger partial charge on any atom is -0.497 e. The van der Waals surface area contributed by atoms with Crippen LogP contribution in [0.4, 0.5) is 0 Å². The van der Waals surface area contributed by atoms with Gasteiger partial charge in [0.1, 0.15) is 18.1 Å². The van der Waals surface area contributed by atoms with Gasteiger partial charge in [0.2, 0.25) is 0 Å². The van der Waals surface area contributed by atoms with E-state index in [2.05, 4.69) is 11.9 Å². The van der Waals surface area contributed by atoms with Gasteiger partial charge in [0.05, 0.1) is 18.4 Å². The van der Waals surface area contributed by atoms with Gasteiger partial charge in [0.15, 0.2) is 0 Å². The third kappa shape index (κ3) is 6.09. The van der Waals surface area contributed by atoms with Crippen LogP contribution in [-0.2, 0) is 4.79 Å². The second-order valence-electron chi connectivity index (χ2n) is 4.16. The lowest BCUT2D eigenvalue weighted by Gasteiger charge is -2.12. The Morgan fingerprint density at radius 2 is 2.23 bits per heavy atom. The molecule has 0 fully saturated rings. The Morgan fingerprint density at radius 3 is 2.86 bits per heavy atom. The summed E-state index contributed by atoms with van der Waals surface area (Å²) in [5, 5.41) is 11.3. The highest BCUT2D eigenvalue weighted by Crippen LogP contribution is 2.24. The van der Waals surface area contributed by atoms with Gasteiger partial charge in [0, 0.05) is 18.4 Å². The number of carboxylic acid groups (broad SMARTS) is 1. The lowest BCUT2D eigenvalue weighted by molar-refractivity contribution is -0.133. The summed E-state index contributed by atoms with van der Waals surface area (Å²) in [7, 11) is 1.53. The molecule has 7 heteroatoms. The van der Waals surface area contributed by atoms with Gasteiger partial charge in [-0.3, -0.25) is 9.59 Å². The topological polar surface area (TPSA) is 84.9 Å².